The van der Waals surface area contributed by atoms with Gasteiger partial charge >= 0.3 is 6.18 Å². The Kier molecular flexibility index (Phi) is 4.59. The van der Waals surface area contributed by atoms with E-state index in [1.54, 1.807) is 23.1 Å². The van der Waals surface area contributed by atoms with Crippen LogP contribution in [0.25, 0.3) is 0 Å². The molecule has 0 amide bonds. The summed E-state index contributed by atoms with van der Waals surface area (Å²) >= 11 is 0. The van der Waals surface area contributed by atoms with Crippen molar-refractivity contribution in [3.63, 3.8) is 0 Å². The second kappa shape index (κ2) is 6.21. The molecule has 1 aromatic heterocycles. The zero-order chi connectivity index (χ0) is 14.6. The molecular weight excluding hydrogens is 289 g/mol. The average molecular weight is 302 g/mol. The molecule has 1 aromatic carbocycles. The number of rotatable bonds is 5. The van der Waals surface area contributed by atoms with Gasteiger partial charge in [-0.25, -0.2) is 0 Å². The lowest BCUT2D eigenvalue weighted by Crippen LogP contribution is -2.10. The van der Waals surface area contributed by atoms with E-state index in [0.717, 1.165) is 12.1 Å². The number of halogens is 3. The molecule has 1 atom stereocenters. The van der Waals surface area contributed by atoms with Gasteiger partial charge in [-0.2, -0.15) is 18.3 Å². The number of aryl methyl sites for hydroxylation is 1. The van der Waals surface area contributed by atoms with Crippen molar-refractivity contribution < 1.29 is 17.4 Å². The first-order valence-electron chi connectivity index (χ1n) is 5.94. The van der Waals surface area contributed by atoms with Crippen molar-refractivity contribution in [1.29, 1.82) is 0 Å². The summed E-state index contributed by atoms with van der Waals surface area (Å²) < 4.78 is 50.7. The Labute approximate surface area is 116 Å². The van der Waals surface area contributed by atoms with Crippen LogP contribution in [0.3, 0.4) is 0 Å². The van der Waals surface area contributed by atoms with Crippen LogP contribution in [0.15, 0.2) is 42.7 Å². The molecule has 0 spiro atoms. The minimum atomic E-state index is -4.34. The molecule has 0 fully saturated rings. The van der Waals surface area contributed by atoms with E-state index in [-0.39, 0.29) is 5.75 Å². The Morgan fingerprint density at radius 2 is 1.90 bits per heavy atom. The monoisotopic (exact) mass is 302 g/mol. The average Bonchev–Trinajstić information content (AvgIpc) is 2.89. The maximum Gasteiger partial charge on any atom is 0.416 e. The van der Waals surface area contributed by atoms with Crippen molar-refractivity contribution in [2.24, 2.45) is 0 Å². The molecule has 0 saturated heterocycles. The Balaban J connectivity index is 1.88. The van der Waals surface area contributed by atoms with E-state index < -0.39 is 22.5 Å². The molecule has 1 unspecified atom stereocenters. The molecule has 108 valence electrons. The van der Waals surface area contributed by atoms with Crippen molar-refractivity contribution >= 4 is 10.8 Å². The van der Waals surface area contributed by atoms with Gasteiger partial charge in [-0.3, -0.25) is 8.89 Å². The molecule has 0 saturated carbocycles. The van der Waals surface area contributed by atoms with E-state index in [1.807, 2.05) is 0 Å². The fraction of sp³-hybridized carbons (Fsp3) is 0.308. The van der Waals surface area contributed by atoms with E-state index in [1.165, 1.54) is 12.1 Å². The zero-order valence-electron chi connectivity index (χ0n) is 10.5. The maximum atomic E-state index is 12.4. The third-order valence-electron chi connectivity index (χ3n) is 2.72. The van der Waals surface area contributed by atoms with E-state index in [0.29, 0.717) is 17.9 Å². The minimum absolute atomic E-state index is 0.249. The smallest absolute Gasteiger partial charge is 0.272 e. The summed E-state index contributed by atoms with van der Waals surface area (Å²) in [5.74, 6) is 0.669. The number of hydrogen-bond donors (Lipinski definition) is 0. The van der Waals surface area contributed by atoms with Crippen LogP contribution in [0.1, 0.15) is 11.1 Å². The molecule has 0 radical (unpaired) electrons. The van der Waals surface area contributed by atoms with E-state index >= 15 is 0 Å². The largest absolute Gasteiger partial charge is 0.416 e. The van der Waals surface area contributed by atoms with Gasteiger partial charge in [0.1, 0.15) is 0 Å². The molecule has 2 aromatic rings. The summed E-state index contributed by atoms with van der Waals surface area (Å²) in [6.07, 6.45) is -0.925. The van der Waals surface area contributed by atoms with Gasteiger partial charge in [-0.15, -0.1) is 0 Å². The first kappa shape index (κ1) is 14.8. The van der Waals surface area contributed by atoms with Crippen LogP contribution in [0, 0.1) is 0 Å². The van der Waals surface area contributed by atoms with Crippen molar-refractivity contribution in [2.75, 3.05) is 5.75 Å². The summed E-state index contributed by atoms with van der Waals surface area (Å²) in [6.45, 7) is 0.528. The lowest BCUT2D eigenvalue weighted by atomic mass is 10.1. The van der Waals surface area contributed by atoms with E-state index in [9.17, 15) is 17.4 Å². The summed E-state index contributed by atoms with van der Waals surface area (Å²) in [4.78, 5) is 0. The van der Waals surface area contributed by atoms with Crippen molar-refractivity contribution in [3.05, 3.63) is 53.9 Å². The molecule has 0 aliphatic heterocycles. The molecule has 0 aliphatic carbocycles. The Morgan fingerprint density at radius 3 is 2.45 bits per heavy atom. The molecule has 2 rings (SSSR count). The first-order valence-corrected chi connectivity index (χ1v) is 7.42. The van der Waals surface area contributed by atoms with Crippen molar-refractivity contribution in [2.45, 2.75) is 18.5 Å². The molecule has 7 heteroatoms. The Bertz CT molecular complexity index is 564. The number of alkyl halides is 3. The molecule has 20 heavy (non-hydrogen) atoms. The molecule has 3 nitrogen and oxygen atoms in total. The van der Waals surface area contributed by atoms with E-state index in [2.05, 4.69) is 5.10 Å². The molecule has 0 aliphatic rings. The van der Waals surface area contributed by atoms with Gasteiger partial charge in [0.2, 0.25) is 0 Å². The van der Waals surface area contributed by atoms with Gasteiger partial charge in [-0.05, 0) is 23.8 Å². The quantitative estimate of drug-likeness (QED) is 0.851. The lowest BCUT2D eigenvalue weighted by molar-refractivity contribution is -0.137. The van der Waals surface area contributed by atoms with Crippen molar-refractivity contribution in [1.82, 2.24) is 9.78 Å². The standard InChI is InChI=1S/C13H13F3N2OS/c14-13(15,16)12-4-2-11(3-5-12)10-20(19)9-8-18-7-1-6-17-18/h1-7H,8-10H2. The first-order chi connectivity index (χ1) is 9.45. The highest BCUT2D eigenvalue weighted by Crippen LogP contribution is 2.29. The van der Waals surface area contributed by atoms with Gasteiger partial charge < -0.3 is 0 Å². The highest BCUT2D eigenvalue weighted by molar-refractivity contribution is 7.84. The van der Waals surface area contributed by atoms with Gasteiger partial charge in [0, 0.05) is 34.7 Å². The summed E-state index contributed by atoms with van der Waals surface area (Å²) in [6, 6.07) is 6.54. The number of benzene rings is 1. The molecule has 0 bridgehead atoms. The van der Waals surface area contributed by atoms with Crippen molar-refractivity contribution in [3.8, 4) is 0 Å². The van der Waals surface area contributed by atoms with Crippen LogP contribution in [-0.2, 0) is 29.3 Å². The Morgan fingerprint density at radius 1 is 1.20 bits per heavy atom. The maximum absolute atomic E-state index is 12.4. The fourth-order valence-corrected chi connectivity index (χ4v) is 2.78. The van der Waals surface area contributed by atoms with Gasteiger partial charge in [-0.1, -0.05) is 12.1 Å². The van der Waals surface area contributed by atoms with Gasteiger partial charge in [0.15, 0.2) is 0 Å². The predicted molar refractivity (Wildman–Crippen MR) is 70.4 cm³/mol. The van der Waals surface area contributed by atoms with Crippen LogP contribution >= 0.6 is 0 Å². The van der Waals surface area contributed by atoms with Crippen LogP contribution in [0.5, 0.6) is 0 Å². The molecule has 0 N–H and O–H groups in total. The second-order valence-electron chi connectivity index (χ2n) is 4.25. The van der Waals surface area contributed by atoms with Gasteiger partial charge in [0.05, 0.1) is 12.1 Å². The third-order valence-corrected chi connectivity index (χ3v) is 4.01. The van der Waals surface area contributed by atoms with Gasteiger partial charge in [0.25, 0.3) is 0 Å². The number of aromatic nitrogens is 2. The number of nitrogens with zero attached hydrogens (tertiary/aromatic N) is 2. The summed E-state index contributed by atoms with van der Waals surface area (Å²) in [5.41, 5.74) is -0.0552. The topological polar surface area (TPSA) is 34.9 Å². The van der Waals surface area contributed by atoms with Crippen LogP contribution in [-0.4, -0.2) is 19.7 Å². The number of hydrogen-bond acceptors (Lipinski definition) is 2. The molecule has 1 heterocycles. The predicted octanol–water partition coefficient (Wildman–Crippen LogP) is 2.85. The fourth-order valence-electron chi connectivity index (χ4n) is 1.68. The summed E-state index contributed by atoms with van der Waals surface area (Å²) in [5, 5.41) is 3.99. The second-order valence-corrected chi connectivity index (χ2v) is 5.83. The highest BCUT2D eigenvalue weighted by atomic mass is 32.2. The van der Waals surface area contributed by atoms with Crippen LogP contribution < -0.4 is 0 Å². The highest BCUT2D eigenvalue weighted by Gasteiger charge is 2.29. The SMILES string of the molecule is O=S(CCn1cccn1)Cc1ccc(C(F)(F)F)cc1. The zero-order valence-corrected chi connectivity index (χ0v) is 11.3. The third kappa shape index (κ3) is 4.19. The summed E-state index contributed by atoms with van der Waals surface area (Å²) in [7, 11) is -1.13. The Hall–Kier alpha value is -1.63. The van der Waals surface area contributed by atoms with E-state index in [4.69, 9.17) is 0 Å². The molecular formula is C13H13F3N2OS. The lowest BCUT2D eigenvalue weighted by Gasteiger charge is -2.07. The normalized spacial score (nSPS) is 13.3. The van der Waals surface area contributed by atoms with Crippen LogP contribution in [0.4, 0.5) is 13.2 Å². The minimum Gasteiger partial charge on any atom is -0.272 e. The van der Waals surface area contributed by atoms with Crippen LogP contribution in [0.2, 0.25) is 0 Å².